The van der Waals surface area contributed by atoms with Crippen LogP contribution in [0.1, 0.15) is 39.3 Å². The summed E-state index contributed by atoms with van der Waals surface area (Å²) in [5.41, 5.74) is 5.65. The van der Waals surface area contributed by atoms with Gasteiger partial charge in [0.05, 0.1) is 13.2 Å². The van der Waals surface area contributed by atoms with E-state index in [9.17, 15) is 9.59 Å². The third kappa shape index (κ3) is 4.11. The molecule has 0 spiro atoms. The van der Waals surface area contributed by atoms with Gasteiger partial charge in [0.15, 0.2) is 11.6 Å². The molecule has 2 aromatic rings. The first-order valence-corrected chi connectivity index (χ1v) is 9.64. The Morgan fingerprint density at radius 1 is 1.21 bits per heavy atom. The molecule has 0 bridgehead atoms. The first-order chi connectivity index (χ1) is 13.3. The Morgan fingerprint density at radius 2 is 1.96 bits per heavy atom. The maximum absolute atomic E-state index is 12.7. The fraction of sp³-hybridized carbons (Fsp3) is 0.667. The summed E-state index contributed by atoms with van der Waals surface area (Å²) in [7, 11) is 0. The van der Waals surface area contributed by atoms with Crippen molar-refractivity contribution in [3.05, 3.63) is 32.5 Å². The molecule has 0 saturated heterocycles. The van der Waals surface area contributed by atoms with E-state index in [-0.39, 0.29) is 17.7 Å². The highest BCUT2D eigenvalue weighted by Crippen LogP contribution is 2.22. The highest BCUT2D eigenvalue weighted by Gasteiger charge is 2.24. The molecule has 0 fully saturated rings. The van der Waals surface area contributed by atoms with Gasteiger partial charge in [-0.3, -0.25) is 14.3 Å². The number of fused-ring (bicyclic) bond motifs is 1. The van der Waals surface area contributed by atoms with Crippen molar-refractivity contribution >= 4 is 11.5 Å². The van der Waals surface area contributed by atoms with Crippen molar-refractivity contribution in [1.29, 1.82) is 0 Å². The lowest BCUT2D eigenvalue weighted by atomic mass is 10.2. The highest BCUT2D eigenvalue weighted by molar-refractivity contribution is 5.62. The van der Waals surface area contributed by atoms with Crippen molar-refractivity contribution in [2.45, 2.75) is 53.9 Å². The first-order valence-electron chi connectivity index (χ1n) is 9.64. The minimum absolute atomic E-state index is 0.185. The Balaban J connectivity index is 2.04. The molecule has 3 heterocycles. The van der Waals surface area contributed by atoms with Crippen LogP contribution in [0, 0.1) is 11.8 Å². The van der Waals surface area contributed by atoms with Crippen LogP contribution in [-0.4, -0.2) is 37.5 Å². The molecule has 0 unspecified atom stereocenters. The molecule has 28 heavy (non-hydrogen) atoms. The van der Waals surface area contributed by atoms with Crippen molar-refractivity contribution in [2.24, 2.45) is 11.8 Å². The molecule has 0 saturated carbocycles. The monoisotopic (exact) mass is 391 g/mol. The third-order valence-electron chi connectivity index (χ3n) is 4.59. The van der Waals surface area contributed by atoms with Gasteiger partial charge in [-0.15, -0.1) is 10.2 Å². The number of rotatable bonds is 7. The molecular weight excluding hydrogens is 362 g/mol. The Hall–Kier alpha value is -2.62. The van der Waals surface area contributed by atoms with Gasteiger partial charge in [-0.1, -0.05) is 27.7 Å². The van der Waals surface area contributed by atoms with E-state index < -0.39 is 11.2 Å². The minimum Gasteiger partial charge on any atom is -0.383 e. The van der Waals surface area contributed by atoms with Crippen molar-refractivity contribution < 1.29 is 4.74 Å². The van der Waals surface area contributed by atoms with Gasteiger partial charge in [0.25, 0.3) is 5.56 Å². The van der Waals surface area contributed by atoms with Crippen LogP contribution in [0.5, 0.6) is 0 Å². The van der Waals surface area contributed by atoms with E-state index in [0.29, 0.717) is 45.1 Å². The Labute approximate surface area is 163 Å². The molecule has 10 heteroatoms. The SMILES string of the molecule is CC(C)CN(Cc1nnc2n1CCOC2)c1c(N)n(CC(C)C)c(=O)[nH]c1=O. The van der Waals surface area contributed by atoms with Gasteiger partial charge < -0.3 is 19.9 Å². The van der Waals surface area contributed by atoms with Gasteiger partial charge in [0.1, 0.15) is 18.1 Å². The van der Waals surface area contributed by atoms with E-state index in [1.807, 2.05) is 23.3 Å². The van der Waals surface area contributed by atoms with Crippen molar-refractivity contribution in [1.82, 2.24) is 24.3 Å². The molecule has 0 atom stereocenters. The van der Waals surface area contributed by atoms with E-state index in [4.69, 9.17) is 10.5 Å². The van der Waals surface area contributed by atoms with Gasteiger partial charge in [0.2, 0.25) is 0 Å². The number of aromatic amines is 1. The number of aromatic nitrogens is 5. The summed E-state index contributed by atoms with van der Waals surface area (Å²) >= 11 is 0. The second kappa shape index (κ2) is 8.17. The largest absolute Gasteiger partial charge is 0.383 e. The second-order valence-corrected chi connectivity index (χ2v) is 8.01. The second-order valence-electron chi connectivity index (χ2n) is 8.01. The van der Waals surface area contributed by atoms with E-state index >= 15 is 0 Å². The number of H-pyrrole nitrogens is 1. The molecule has 0 aromatic carbocycles. The lowest BCUT2D eigenvalue weighted by Crippen LogP contribution is -2.40. The zero-order valence-corrected chi connectivity index (χ0v) is 16.9. The summed E-state index contributed by atoms with van der Waals surface area (Å²) in [4.78, 5) is 29.3. The molecule has 3 N–H and O–H groups in total. The predicted molar refractivity (Wildman–Crippen MR) is 106 cm³/mol. The fourth-order valence-electron chi connectivity index (χ4n) is 3.45. The summed E-state index contributed by atoms with van der Waals surface area (Å²) in [6, 6.07) is 0. The van der Waals surface area contributed by atoms with Gasteiger partial charge in [-0.05, 0) is 11.8 Å². The van der Waals surface area contributed by atoms with Gasteiger partial charge >= 0.3 is 5.69 Å². The van der Waals surface area contributed by atoms with Crippen LogP contribution in [0.4, 0.5) is 11.5 Å². The van der Waals surface area contributed by atoms with Gasteiger partial charge in [-0.2, -0.15) is 0 Å². The summed E-state index contributed by atoms with van der Waals surface area (Å²) in [6.07, 6.45) is 0. The number of hydrogen-bond donors (Lipinski definition) is 2. The van der Waals surface area contributed by atoms with Crippen LogP contribution in [0.2, 0.25) is 0 Å². The zero-order valence-electron chi connectivity index (χ0n) is 16.9. The minimum atomic E-state index is -0.485. The lowest BCUT2D eigenvalue weighted by molar-refractivity contribution is 0.0806. The number of nitrogens with one attached hydrogen (secondary N) is 1. The number of nitrogen functional groups attached to an aromatic ring is 1. The van der Waals surface area contributed by atoms with E-state index in [1.54, 1.807) is 0 Å². The smallest absolute Gasteiger partial charge is 0.330 e. The first kappa shape index (κ1) is 20.1. The van der Waals surface area contributed by atoms with Crippen molar-refractivity contribution in [3.63, 3.8) is 0 Å². The van der Waals surface area contributed by atoms with Crippen molar-refractivity contribution in [2.75, 3.05) is 23.8 Å². The quantitative estimate of drug-likeness (QED) is 0.706. The molecule has 1 aliphatic rings. The van der Waals surface area contributed by atoms with E-state index in [0.717, 1.165) is 11.6 Å². The Bertz CT molecular complexity index is 942. The third-order valence-corrected chi connectivity index (χ3v) is 4.59. The number of nitrogens with zero attached hydrogens (tertiary/aromatic N) is 5. The Morgan fingerprint density at radius 3 is 2.64 bits per heavy atom. The molecule has 3 rings (SSSR count). The summed E-state index contributed by atoms with van der Waals surface area (Å²) in [5.74, 6) is 2.19. The molecular formula is C18H29N7O3. The molecule has 0 aliphatic carbocycles. The molecule has 2 aromatic heterocycles. The summed E-state index contributed by atoms with van der Waals surface area (Å²) in [6.45, 7) is 11.2. The summed E-state index contributed by atoms with van der Waals surface area (Å²) < 4.78 is 8.87. The molecule has 0 amide bonds. The number of hydrogen-bond acceptors (Lipinski definition) is 7. The lowest BCUT2D eigenvalue weighted by Gasteiger charge is -2.28. The van der Waals surface area contributed by atoms with E-state index in [1.165, 1.54) is 4.57 Å². The standard InChI is InChI=1S/C18H29N7O3/c1-11(2)7-23(9-13-21-22-14-10-28-6-5-24(13)14)15-16(19)25(8-12(3)4)18(27)20-17(15)26/h11-12H,5-10,19H2,1-4H3,(H,20,26,27). The maximum Gasteiger partial charge on any atom is 0.330 e. The van der Waals surface area contributed by atoms with Crippen LogP contribution in [-0.2, 0) is 31.0 Å². The molecule has 154 valence electrons. The molecule has 1 aliphatic heterocycles. The summed E-state index contributed by atoms with van der Waals surface area (Å²) in [5, 5.41) is 8.48. The van der Waals surface area contributed by atoms with Crippen LogP contribution >= 0.6 is 0 Å². The number of nitrogens with two attached hydrogens (primary N) is 1. The topological polar surface area (TPSA) is 124 Å². The highest BCUT2D eigenvalue weighted by atomic mass is 16.5. The van der Waals surface area contributed by atoms with Crippen LogP contribution in [0.3, 0.4) is 0 Å². The van der Waals surface area contributed by atoms with Crippen LogP contribution in [0.25, 0.3) is 0 Å². The fourth-order valence-corrected chi connectivity index (χ4v) is 3.45. The van der Waals surface area contributed by atoms with Crippen LogP contribution < -0.4 is 21.9 Å². The average molecular weight is 391 g/mol. The zero-order chi connectivity index (χ0) is 20.4. The van der Waals surface area contributed by atoms with E-state index in [2.05, 4.69) is 29.0 Å². The van der Waals surface area contributed by atoms with Gasteiger partial charge in [-0.25, -0.2) is 4.79 Å². The molecule has 10 nitrogen and oxygen atoms in total. The normalized spacial score (nSPS) is 13.9. The van der Waals surface area contributed by atoms with Gasteiger partial charge in [0, 0.05) is 19.6 Å². The van der Waals surface area contributed by atoms with Crippen molar-refractivity contribution in [3.8, 4) is 0 Å². The molecule has 0 radical (unpaired) electrons. The Kier molecular flexibility index (Phi) is 5.87. The number of anilines is 2. The maximum atomic E-state index is 12.7. The average Bonchev–Trinajstić information content (AvgIpc) is 3.01. The predicted octanol–water partition coefficient (Wildman–Crippen LogP) is 0.559. The number of ether oxygens (including phenoxy) is 1. The van der Waals surface area contributed by atoms with Crippen LogP contribution in [0.15, 0.2) is 9.59 Å².